The topological polar surface area (TPSA) is 95.1 Å². The molecule has 0 bridgehead atoms. The summed E-state index contributed by atoms with van der Waals surface area (Å²) in [4.78, 5) is 26.4. The Labute approximate surface area is 237 Å². The molecule has 0 atom stereocenters. The first-order valence-electron chi connectivity index (χ1n) is 13.7. The molecule has 0 saturated heterocycles. The van der Waals surface area contributed by atoms with E-state index < -0.39 is 6.17 Å². The maximum atomic E-state index is 13.2. The number of benzene rings is 3. The van der Waals surface area contributed by atoms with Gasteiger partial charge in [0.1, 0.15) is 17.7 Å². The Morgan fingerprint density at radius 3 is 1.80 bits per heavy atom. The Kier molecular flexibility index (Phi) is 12.2. The minimum atomic E-state index is -0.862. The molecule has 2 amide bonds. The lowest BCUT2D eigenvalue weighted by atomic mass is 10.1. The van der Waals surface area contributed by atoms with Gasteiger partial charge in [-0.05, 0) is 60.5 Å². The molecule has 3 aromatic rings. The molecule has 0 spiro atoms. The van der Waals surface area contributed by atoms with E-state index in [-0.39, 0.29) is 11.8 Å². The highest BCUT2D eigenvalue weighted by atomic mass is 16.5. The standard InChI is InChI=1S/C32H40N2O6/c1-5-6-7-8-9-10-19-40-28-18-17-23(22-29(28)39-4)30(33-31(35)24-13-11-15-26(20-24)37-2)34-32(36)25-14-12-16-27(21-25)38-3/h11-18,20-22,30H,5-10,19H2,1-4H3,(H,33,35)(H,34,36). The summed E-state index contributed by atoms with van der Waals surface area (Å²) in [5, 5.41) is 5.85. The Balaban J connectivity index is 1.80. The number of nitrogens with one attached hydrogen (secondary N) is 2. The van der Waals surface area contributed by atoms with Gasteiger partial charge in [-0.15, -0.1) is 0 Å². The van der Waals surface area contributed by atoms with Crippen molar-refractivity contribution < 1.29 is 28.5 Å². The molecular formula is C32H40N2O6. The van der Waals surface area contributed by atoms with E-state index in [0.29, 0.717) is 46.3 Å². The van der Waals surface area contributed by atoms with Gasteiger partial charge < -0.3 is 29.6 Å². The van der Waals surface area contributed by atoms with Crippen LogP contribution in [0.1, 0.15) is 77.9 Å². The SMILES string of the molecule is CCCCCCCCOc1ccc(C(NC(=O)c2cccc(OC)c2)NC(=O)c2cccc(OC)c2)cc1OC. The third kappa shape index (κ3) is 8.93. The van der Waals surface area contributed by atoms with Crippen LogP contribution in [0.2, 0.25) is 0 Å². The molecule has 0 aliphatic rings. The molecule has 3 aromatic carbocycles. The van der Waals surface area contributed by atoms with Gasteiger partial charge >= 0.3 is 0 Å². The molecule has 214 valence electrons. The highest BCUT2D eigenvalue weighted by molar-refractivity contribution is 5.97. The predicted octanol–water partition coefficient (Wildman–Crippen LogP) is 6.31. The Morgan fingerprint density at radius 2 is 1.25 bits per heavy atom. The lowest BCUT2D eigenvalue weighted by Crippen LogP contribution is -2.41. The van der Waals surface area contributed by atoms with Crippen molar-refractivity contribution in [3.8, 4) is 23.0 Å². The molecule has 0 saturated carbocycles. The molecule has 0 aliphatic heterocycles. The Hall–Kier alpha value is -4.20. The van der Waals surface area contributed by atoms with Crippen molar-refractivity contribution in [2.24, 2.45) is 0 Å². The number of hydrogen-bond donors (Lipinski definition) is 2. The third-order valence-electron chi connectivity index (χ3n) is 6.49. The highest BCUT2D eigenvalue weighted by Gasteiger charge is 2.21. The molecule has 0 unspecified atom stereocenters. The van der Waals surface area contributed by atoms with E-state index in [2.05, 4.69) is 17.6 Å². The minimum absolute atomic E-state index is 0.378. The van der Waals surface area contributed by atoms with Crippen LogP contribution in [0.25, 0.3) is 0 Å². The zero-order valence-corrected chi connectivity index (χ0v) is 23.8. The lowest BCUT2D eigenvalue weighted by Gasteiger charge is -2.22. The molecule has 0 radical (unpaired) electrons. The maximum Gasteiger partial charge on any atom is 0.253 e. The number of unbranched alkanes of at least 4 members (excludes halogenated alkanes) is 5. The Morgan fingerprint density at radius 1 is 0.675 bits per heavy atom. The third-order valence-corrected chi connectivity index (χ3v) is 6.49. The number of amides is 2. The molecule has 0 heterocycles. The summed E-state index contributed by atoms with van der Waals surface area (Å²) in [5.41, 5.74) is 1.41. The molecule has 40 heavy (non-hydrogen) atoms. The number of carbonyl (C=O) groups excluding carboxylic acids is 2. The fourth-order valence-electron chi connectivity index (χ4n) is 4.21. The zero-order chi connectivity index (χ0) is 28.7. The average Bonchev–Trinajstić information content (AvgIpc) is 3.00. The van der Waals surface area contributed by atoms with Gasteiger partial charge in [0.15, 0.2) is 11.5 Å². The molecule has 3 rings (SSSR count). The normalized spacial score (nSPS) is 10.6. The van der Waals surface area contributed by atoms with E-state index in [1.165, 1.54) is 39.9 Å². The quantitative estimate of drug-likeness (QED) is 0.161. The van der Waals surface area contributed by atoms with E-state index in [1.807, 2.05) is 6.07 Å². The van der Waals surface area contributed by atoms with Crippen molar-refractivity contribution in [3.63, 3.8) is 0 Å². The van der Waals surface area contributed by atoms with E-state index >= 15 is 0 Å². The van der Waals surface area contributed by atoms with Gasteiger partial charge in [0, 0.05) is 11.1 Å². The summed E-state index contributed by atoms with van der Waals surface area (Å²) in [6, 6.07) is 19.0. The largest absolute Gasteiger partial charge is 0.497 e. The summed E-state index contributed by atoms with van der Waals surface area (Å²) < 4.78 is 22.1. The maximum absolute atomic E-state index is 13.2. The van der Waals surface area contributed by atoms with Gasteiger partial charge in [0.25, 0.3) is 11.8 Å². The molecule has 0 aliphatic carbocycles. The lowest BCUT2D eigenvalue weighted by molar-refractivity contribution is 0.0882. The molecule has 0 fully saturated rings. The van der Waals surface area contributed by atoms with Crippen LogP contribution in [0.3, 0.4) is 0 Å². The van der Waals surface area contributed by atoms with Gasteiger partial charge in [0.05, 0.1) is 27.9 Å². The summed E-state index contributed by atoms with van der Waals surface area (Å²) in [6.45, 7) is 2.79. The first-order chi connectivity index (χ1) is 19.5. The smallest absolute Gasteiger partial charge is 0.253 e. The van der Waals surface area contributed by atoms with Gasteiger partial charge in [-0.3, -0.25) is 9.59 Å². The van der Waals surface area contributed by atoms with Crippen molar-refractivity contribution in [2.75, 3.05) is 27.9 Å². The molecule has 0 aromatic heterocycles. The van der Waals surface area contributed by atoms with Gasteiger partial charge in [-0.25, -0.2) is 0 Å². The van der Waals surface area contributed by atoms with Gasteiger partial charge in [0.2, 0.25) is 0 Å². The average molecular weight is 549 g/mol. The first kappa shape index (κ1) is 30.3. The van der Waals surface area contributed by atoms with Gasteiger partial charge in [-0.2, -0.15) is 0 Å². The monoisotopic (exact) mass is 548 g/mol. The summed E-state index contributed by atoms with van der Waals surface area (Å²) in [6.07, 6.45) is 6.16. The van der Waals surface area contributed by atoms with Crippen molar-refractivity contribution in [3.05, 3.63) is 83.4 Å². The van der Waals surface area contributed by atoms with Crippen LogP contribution in [0.15, 0.2) is 66.7 Å². The van der Waals surface area contributed by atoms with Crippen LogP contribution in [-0.4, -0.2) is 39.8 Å². The highest BCUT2D eigenvalue weighted by Crippen LogP contribution is 2.30. The molecular weight excluding hydrogens is 508 g/mol. The zero-order valence-electron chi connectivity index (χ0n) is 23.8. The van der Waals surface area contributed by atoms with Crippen LogP contribution < -0.4 is 29.6 Å². The summed E-state index contributed by atoms with van der Waals surface area (Å²) in [7, 11) is 4.64. The van der Waals surface area contributed by atoms with Crippen LogP contribution in [-0.2, 0) is 0 Å². The summed E-state index contributed by atoms with van der Waals surface area (Å²) >= 11 is 0. The molecule has 2 N–H and O–H groups in total. The van der Waals surface area contributed by atoms with Crippen molar-refractivity contribution in [1.29, 1.82) is 0 Å². The van der Waals surface area contributed by atoms with Crippen LogP contribution >= 0.6 is 0 Å². The van der Waals surface area contributed by atoms with E-state index in [1.54, 1.807) is 67.8 Å². The van der Waals surface area contributed by atoms with Crippen molar-refractivity contribution >= 4 is 11.8 Å². The number of carbonyl (C=O) groups is 2. The minimum Gasteiger partial charge on any atom is -0.497 e. The van der Waals surface area contributed by atoms with Crippen LogP contribution in [0, 0.1) is 0 Å². The molecule has 8 nitrogen and oxygen atoms in total. The number of hydrogen-bond acceptors (Lipinski definition) is 6. The summed E-state index contributed by atoms with van der Waals surface area (Å²) in [5.74, 6) is 1.47. The Bertz CT molecular complexity index is 1180. The van der Waals surface area contributed by atoms with E-state index in [9.17, 15) is 9.59 Å². The molecule has 8 heteroatoms. The second kappa shape index (κ2) is 16.0. The fraction of sp³-hybridized carbons (Fsp3) is 0.375. The van der Waals surface area contributed by atoms with Crippen molar-refractivity contribution in [2.45, 2.75) is 51.6 Å². The predicted molar refractivity (Wildman–Crippen MR) is 156 cm³/mol. The first-order valence-corrected chi connectivity index (χ1v) is 13.7. The van der Waals surface area contributed by atoms with Crippen LogP contribution in [0.4, 0.5) is 0 Å². The number of methoxy groups -OCH3 is 3. The second-order valence-corrected chi connectivity index (χ2v) is 9.37. The van der Waals surface area contributed by atoms with E-state index in [4.69, 9.17) is 18.9 Å². The number of ether oxygens (including phenoxy) is 4. The van der Waals surface area contributed by atoms with Crippen LogP contribution in [0.5, 0.6) is 23.0 Å². The van der Waals surface area contributed by atoms with Crippen molar-refractivity contribution in [1.82, 2.24) is 10.6 Å². The number of rotatable bonds is 16. The van der Waals surface area contributed by atoms with E-state index in [0.717, 1.165) is 12.8 Å². The van der Waals surface area contributed by atoms with Gasteiger partial charge in [-0.1, -0.05) is 57.2 Å². The second-order valence-electron chi connectivity index (χ2n) is 9.37. The fourth-order valence-corrected chi connectivity index (χ4v) is 4.21.